The van der Waals surface area contributed by atoms with Gasteiger partial charge in [-0.2, -0.15) is 0 Å². The van der Waals surface area contributed by atoms with Crippen LogP contribution in [0.4, 0.5) is 0 Å². The lowest BCUT2D eigenvalue weighted by atomic mass is 10.5. The summed E-state index contributed by atoms with van der Waals surface area (Å²) in [5.74, 6) is 0.617. The average molecular weight is 140 g/mol. The molecule has 1 aromatic rings. The molecule has 1 aromatic heterocycles. The number of nitrogens with two attached hydrogens (primary N) is 1. The van der Waals surface area contributed by atoms with Crippen LogP contribution in [0, 0.1) is 0 Å². The third-order valence-electron chi connectivity index (χ3n) is 0.884. The molecule has 0 atom stereocenters. The van der Waals surface area contributed by atoms with E-state index in [9.17, 15) is 0 Å². The molecule has 0 aliphatic heterocycles. The second-order valence-electron chi connectivity index (χ2n) is 1.50. The normalized spacial score (nSPS) is 9.44. The number of hydrogen-bond donors (Lipinski definition) is 1. The summed E-state index contributed by atoms with van der Waals surface area (Å²) in [7, 11) is 0. The molecule has 0 aliphatic carbocycles. The van der Waals surface area contributed by atoms with Gasteiger partial charge in [-0.15, -0.1) is 11.8 Å². The molecule has 0 spiro atoms. The van der Waals surface area contributed by atoms with Gasteiger partial charge in [0.25, 0.3) is 0 Å². The number of rotatable bonds is 2. The molecule has 0 fully saturated rings. The highest BCUT2D eigenvalue weighted by molar-refractivity contribution is 7.99. The molecule has 1 rings (SSSR count). The van der Waals surface area contributed by atoms with Gasteiger partial charge in [0, 0.05) is 23.2 Å². The third kappa shape index (κ3) is 2.03. The zero-order valence-corrected chi connectivity index (χ0v) is 5.77. The lowest BCUT2D eigenvalue weighted by Crippen LogP contribution is -1.91. The Morgan fingerprint density at radius 2 is 2.56 bits per heavy atom. The minimum atomic E-state index is 0.617. The van der Waals surface area contributed by atoms with Crippen LogP contribution in [0.25, 0.3) is 0 Å². The number of nitrogens with zero attached hydrogens (tertiary/aromatic N) is 1. The highest BCUT2D eigenvalue weighted by atomic mass is 32.2. The first-order chi connectivity index (χ1) is 4.43. The maximum Gasteiger partial charge on any atom is 0.0441 e. The molecule has 0 saturated carbocycles. The monoisotopic (exact) mass is 140 g/mol. The summed E-state index contributed by atoms with van der Waals surface area (Å²) in [6.07, 6.45) is 3.55. The Kier molecular flexibility index (Phi) is 2.54. The van der Waals surface area contributed by atoms with Crippen LogP contribution in [0.3, 0.4) is 0 Å². The highest BCUT2D eigenvalue weighted by Gasteiger charge is 1.86. The fourth-order valence-electron chi connectivity index (χ4n) is 0.529. The van der Waals surface area contributed by atoms with Gasteiger partial charge in [-0.3, -0.25) is 4.98 Å². The van der Waals surface area contributed by atoms with Crippen LogP contribution < -0.4 is 5.73 Å². The van der Waals surface area contributed by atoms with Crippen molar-refractivity contribution in [2.45, 2.75) is 4.90 Å². The molecule has 2 nitrogen and oxygen atoms in total. The minimum Gasteiger partial charge on any atom is -0.322 e. The second-order valence-corrected chi connectivity index (χ2v) is 2.59. The molecule has 2 N–H and O–H groups in total. The summed E-state index contributed by atoms with van der Waals surface area (Å²) >= 11 is 1.59. The first kappa shape index (κ1) is 6.58. The molecule has 0 saturated heterocycles. The molecule has 0 aromatic carbocycles. The van der Waals surface area contributed by atoms with Crippen molar-refractivity contribution in [2.75, 3.05) is 5.88 Å². The molecule has 0 amide bonds. The lowest BCUT2D eigenvalue weighted by Gasteiger charge is -1.92. The Bertz CT molecular complexity index is 164. The Hall–Kier alpha value is -0.540. The van der Waals surface area contributed by atoms with Crippen molar-refractivity contribution < 1.29 is 0 Å². The van der Waals surface area contributed by atoms with E-state index in [1.807, 2.05) is 12.1 Å². The van der Waals surface area contributed by atoms with Gasteiger partial charge in [-0.25, -0.2) is 0 Å². The fourth-order valence-corrected chi connectivity index (χ4v) is 1.03. The Morgan fingerprint density at radius 3 is 3.11 bits per heavy atom. The fraction of sp³-hybridized carbons (Fsp3) is 0.167. The van der Waals surface area contributed by atoms with Gasteiger partial charge in [0.05, 0.1) is 0 Å². The molecule has 48 valence electrons. The smallest absolute Gasteiger partial charge is 0.0441 e. The van der Waals surface area contributed by atoms with Crippen molar-refractivity contribution in [1.29, 1.82) is 0 Å². The summed E-state index contributed by atoms with van der Waals surface area (Å²) in [6, 6.07) is 3.89. The third-order valence-corrected chi connectivity index (χ3v) is 1.63. The van der Waals surface area contributed by atoms with Crippen LogP contribution in [0.1, 0.15) is 0 Å². The molecule has 1 heterocycles. The molecule has 0 aliphatic rings. The molecule has 9 heavy (non-hydrogen) atoms. The molecular weight excluding hydrogens is 132 g/mol. The van der Waals surface area contributed by atoms with Gasteiger partial charge in [-0.05, 0) is 12.1 Å². The minimum absolute atomic E-state index is 0.617. The maximum absolute atomic E-state index is 5.30. The average Bonchev–Trinajstić information content (AvgIpc) is 1.91. The van der Waals surface area contributed by atoms with Crippen LogP contribution in [0.2, 0.25) is 0 Å². The highest BCUT2D eigenvalue weighted by Crippen LogP contribution is 2.12. The van der Waals surface area contributed by atoms with Crippen LogP contribution >= 0.6 is 11.8 Å². The molecule has 3 heteroatoms. The standard InChI is InChI=1S/C6H8N2S/c7-5-9-6-2-1-3-8-4-6/h1-4H,5,7H2. The zero-order chi connectivity index (χ0) is 6.53. The van der Waals surface area contributed by atoms with E-state index in [0.29, 0.717) is 5.88 Å². The largest absolute Gasteiger partial charge is 0.322 e. The quantitative estimate of drug-likeness (QED) is 0.493. The van der Waals surface area contributed by atoms with E-state index in [0.717, 1.165) is 4.90 Å². The van der Waals surface area contributed by atoms with Crippen LogP contribution in [-0.4, -0.2) is 10.9 Å². The van der Waals surface area contributed by atoms with Crippen LogP contribution in [0.15, 0.2) is 29.4 Å². The van der Waals surface area contributed by atoms with Crippen LogP contribution in [0.5, 0.6) is 0 Å². The first-order valence-corrected chi connectivity index (χ1v) is 3.65. The van der Waals surface area contributed by atoms with Crippen molar-refractivity contribution in [2.24, 2.45) is 5.73 Å². The van der Waals surface area contributed by atoms with E-state index in [1.54, 1.807) is 24.2 Å². The topological polar surface area (TPSA) is 38.9 Å². The van der Waals surface area contributed by atoms with E-state index in [1.165, 1.54) is 0 Å². The van der Waals surface area contributed by atoms with Crippen molar-refractivity contribution in [3.63, 3.8) is 0 Å². The number of hydrogen-bond acceptors (Lipinski definition) is 3. The first-order valence-electron chi connectivity index (χ1n) is 2.66. The summed E-state index contributed by atoms with van der Waals surface area (Å²) in [4.78, 5) is 5.05. The molecular formula is C6H8N2S. The summed E-state index contributed by atoms with van der Waals surface area (Å²) in [6.45, 7) is 0. The number of aromatic nitrogens is 1. The van der Waals surface area contributed by atoms with Gasteiger partial charge in [-0.1, -0.05) is 0 Å². The van der Waals surface area contributed by atoms with Crippen LogP contribution in [-0.2, 0) is 0 Å². The van der Waals surface area contributed by atoms with Crippen molar-refractivity contribution in [3.05, 3.63) is 24.5 Å². The Labute approximate surface area is 58.5 Å². The van der Waals surface area contributed by atoms with Gasteiger partial charge in [0.1, 0.15) is 0 Å². The Balaban J connectivity index is 2.61. The number of pyridine rings is 1. The zero-order valence-electron chi connectivity index (χ0n) is 4.95. The summed E-state index contributed by atoms with van der Waals surface area (Å²) in [5, 5.41) is 0. The van der Waals surface area contributed by atoms with E-state index in [-0.39, 0.29) is 0 Å². The molecule has 0 bridgehead atoms. The predicted octanol–water partition coefficient (Wildman–Crippen LogP) is 1.09. The van der Waals surface area contributed by atoms with E-state index in [4.69, 9.17) is 5.73 Å². The van der Waals surface area contributed by atoms with Crippen molar-refractivity contribution in [3.8, 4) is 0 Å². The van der Waals surface area contributed by atoms with Gasteiger partial charge in [0.15, 0.2) is 0 Å². The Morgan fingerprint density at radius 1 is 1.67 bits per heavy atom. The van der Waals surface area contributed by atoms with Gasteiger partial charge < -0.3 is 5.73 Å². The molecule has 0 radical (unpaired) electrons. The van der Waals surface area contributed by atoms with Gasteiger partial charge >= 0.3 is 0 Å². The van der Waals surface area contributed by atoms with Gasteiger partial charge in [0.2, 0.25) is 0 Å². The van der Waals surface area contributed by atoms with Crippen molar-refractivity contribution >= 4 is 11.8 Å². The lowest BCUT2D eigenvalue weighted by molar-refractivity contribution is 1.23. The summed E-state index contributed by atoms with van der Waals surface area (Å²) < 4.78 is 0. The summed E-state index contributed by atoms with van der Waals surface area (Å²) in [5.41, 5.74) is 5.30. The molecule has 0 unspecified atom stereocenters. The van der Waals surface area contributed by atoms with E-state index < -0.39 is 0 Å². The SMILES string of the molecule is NCSc1cccnc1. The van der Waals surface area contributed by atoms with Crippen molar-refractivity contribution in [1.82, 2.24) is 4.98 Å². The maximum atomic E-state index is 5.30. The number of thioether (sulfide) groups is 1. The van der Waals surface area contributed by atoms with E-state index in [2.05, 4.69) is 4.98 Å². The second kappa shape index (κ2) is 3.48. The predicted molar refractivity (Wildman–Crippen MR) is 39.1 cm³/mol. The van der Waals surface area contributed by atoms with E-state index >= 15 is 0 Å².